The van der Waals surface area contributed by atoms with Crippen LogP contribution in [0, 0.1) is 0 Å². The summed E-state index contributed by atoms with van der Waals surface area (Å²) in [5.41, 5.74) is 0.248. The van der Waals surface area contributed by atoms with Crippen molar-refractivity contribution in [2.24, 2.45) is 0 Å². The van der Waals surface area contributed by atoms with E-state index in [0.717, 1.165) is 49.5 Å². The molecule has 0 amide bonds. The van der Waals surface area contributed by atoms with Gasteiger partial charge in [0.2, 0.25) is 0 Å². The van der Waals surface area contributed by atoms with Crippen molar-refractivity contribution >= 4 is 6.29 Å². The summed E-state index contributed by atoms with van der Waals surface area (Å²) in [7, 11) is 0. The fraction of sp³-hybridized carbons (Fsp3) is 0.778. The molecule has 9 nitrogen and oxygen atoms in total. The Kier molecular flexibility index (Phi) is 11.5. The van der Waals surface area contributed by atoms with Gasteiger partial charge in [-0.15, -0.1) is 0 Å². The summed E-state index contributed by atoms with van der Waals surface area (Å²) in [5, 5.41) is 11.2. The minimum atomic E-state index is -1.78. The second-order valence-corrected chi connectivity index (χ2v) is 6.43. The highest BCUT2D eigenvalue weighted by molar-refractivity contribution is 5.50. The third kappa shape index (κ3) is 8.59. The van der Waals surface area contributed by atoms with Gasteiger partial charge >= 0.3 is 5.69 Å². The van der Waals surface area contributed by atoms with Gasteiger partial charge in [-0.3, -0.25) is 5.43 Å². The average Bonchev–Trinajstić information content (AvgIpc) is 2.66. The molecule has 0 aliphatic heterocycles. The number of hydrogen-bond donors (Lipinski definition) is 2. The second kappa shape index (κ2) is 13.3. The third-order valence-corrected chi connectivity index (χ3v) is 4.06. The number of aldehydes is 1. The number of aromatic nitrogens is 3. The maximum Gasteiger partial charge on any atom is 0.369 e. The highest BCUT2D eigenvalue weighted by Gasteiger charge is 2.39. The van der Waals surface area contributed by atoms with Gasteiger partial charge in [0.15, 0.2) is 5.72 Å². The van der Waals surface area contributed by atoms with Crippen LogP contribution in [-0.2, 0) is 14.3 Å². The Morgan fingerprint density at radius 2 is 1.96 bits per heavy atom. The quantitative estimate of drug-likeness (QED) is 0.248. The van der Waals surface area contributed by atoms with E-state index in [1.165, 1.54) is 6.33 Å². The van der Waals surface area contributed by atoms with Crippen LogP contribution in [0.2, 0.25) is 0 Å². The first-order chi connectivity index (χ1) is 13.1. The lowest BCUT2D eigenvalue weighted by Crippen LogP contribution is -2.59. The summed E-state index contributed by atoms with van der Waals surface area (Å²) in [6.45, 7) is 4.87. The van der Waals surface area contributed by atoms with Crippen LogP contribution in [0.4, 0.5) is 0 Å². The highest BCUT2D eigenvalue weighted by Crippen LogP contribution is 2.17. The lowest BCUT2D eigenvalue weighted by atomic mass is 10.1. The van der Waals surface area contributed by atoms with Gasteiger partial charge in [-0.1, -0.05) is 39.5 Å². The van der Waals surface area contributed by atoms with Crippen LogP contribution in [0.1, 0.15) is 58.8 Å². The number of nitrogens with one attached hydrogen (secondary N) is 1. The molecule has 0 unspecified atom stereocenters. The van der Waals surface area contributed by atoms with Crippen molar-refractivity contribution in [2.45, 2.75) is 70.6 Å². The molecular weight excluding hydrogens is 352 g/mol. The Morgan fingerprint density at radius 3 is 2.59 bits per heavy atom. The van der Waals surface area contributed by atoms with E-state index in [1.807, 2.05) is 0 Å². The fourth-order valence-corrected chi connectivity index (χ4v) is 2.52. The molecule has 0 aliphatic rings. The molecule has 0 spiro atoms. The molecule has 9 heteroatoms. The maximum atomic E-state index is 11.9. The van der Waals surface area contributed by atoms with E-state index < -0.39 is 17.5 Å². The number of carbonyl (C=O) groups is 1. The summed E-state index contributed by atoms with van der Waals surface area (Å²) in [4.78, 5) is 30.3. The monoisotopic (exact) mass is 384 g/mol. The van der Waals surface area contributed by atoms with Crippen molar-refractivity contribution in [3.05, 3.63) is 23.1 Å². The van der Waals surface area contributed by atoms with Crippen LogP contribution in [0.3, 0.4) is 0 Å². The Morgan fingerprint density at radius 1 is 1.26 bits per heavy atom. The Bertz CT molecular complexity index is 583. The van der Waals surface area contributed by atoms with Crippen LogP contribution >= 0.6 is 0 Å². The molecule has 154 valence electrons. The molecule has 1 rings (SSSR count). The Hall–Kier alpha value is -1.84. The van der Waals surface area contributed by atoms with Crippen molar-refractivity contribution in [3.63, 3.8) is 0 Å². The van der Waals surface area contributed by atoms with Crippen LogP contribution in [0.5, 0.6) is 0 Å². The molecule has 0 radical (unpaired) electrons. The summed E-state index contributed by atoms with van der Waals surface area (Å²) < 4.78 is 12.3. The SMILES string of the molecule is CCCCCOC[C@@](O)(Nn1cncnc1=O)[C@H](CC=O)OCCCCC. The normalized spacial score (nSPS) is 14.5. The summed E-state index contributed by atoms with van der Waals surface area (Å²) >= 11 is 0. The summed E-state index contributed by atoms with van der Waals surface area (Å²) in [5.74, 6) is 0. The molecule has 0 aliphatic carbocycles. The van der Waals surface area contributed by atoms with Gasteiger partial charge in [0, 0.05) is 19.6 Å². The summed E-state index contributed by atoms with van der Waals surface area (Å²) in [6, 6.07) is 0. The van der Waals surface area contributed by atoms with Gasteiger partial charge in [-0.05, 0) is 12.8 Å². The molecule has 27 heavy (non-hydrogen) atoms. The van der Waals surface area contributed by atoms with E-state index in [4.69, 9.17) is 9.47 Å². The highest BCUT2D eigenvalue weighted by atomic mass is 16.5. The molecule has 1 aromatic rings. The lowest BCUT2D eigenvalue weighted by molar-refractivity contribution is -0.142. The van der Waals surface area contributed by atoms with E-state index in [9.17, 15) is 14.7 Å². The summed E-state index contributed by atoms with van der Waals surface area (Å²) in [6.07, 6.45) is 7.82. The van der Waals surface area contributed by atoms with Crippen LogP contribution < -0.4 is 11.1 Å². The number of hydrogen-bond acceptors (Lipinski definition) is 8. The van der Waals surface area contributed by atoms with E-state index in [1.54, 1.807) is 0 Å². The van der Waals surface area contributed by atoms with Gasteiger partial charge in [0.25, 0.3) is 0 Å². The Labute approximate surface area is 160 Å². The molecule has 1 aromatic heterocycles. The number of unbranched alkanes of at least 4 members (excludes halogenated alkanes) is 4. The smallest absolute Gasteiger partial charge is 0.369 e. The molecule has 0 saturated heterocycles. The number of ether oxygens (including phenoxy) is 2. The van der Waals surface area contributed by atoms with Crippen molar-refractivity contribution in [3.8, 4) is 0 Å². The van der Waals surface area contributed by atoms with Gasteiger partial charge in [-0.25, -0.2) is 9.78 Å². The van der Waals surface area contributed by atoms with Gasteiger partial charge in [0.1, 0.15) is 25.0 Å². The molecule has 2 atom stereocenters. The molecule has 0 bridgehead atoms. The second-order valence-electron chi connectivity index (χ2n) is 6.43. The number of nitrogens with zero attached hydrogens (tertiary/aromatic N) is 3. The van der Waals surface area contributed by atoms with E-state index in [-0.39, 0.29) is 13.0 Å². The average molecular weight is 384 g/mol. The van der Waals surface area contributed by atoms with Crippen molar-refractivity contribution in [2.75, 3.05) is 25.2 Å². The largest absolute Gasteiger partial charge is 0.376 e. The first-order valence-electron chi connectivity index (χ1n) is 9.59. The van der Waals surface area contributed by atoms with Crippen molar-refractivity contribution < 1.29 is 19.4 Å². The number of carbonyl (C=O) groups excluding carboxylic acids is 1. The Balaban J connectivity index is 2.88. The molecule has 0 aromatic carbocycles. The van der Waals surface area contributed by atoms with Crippen LogP contribution in [0.25, 0.3) is 0 Å². The minimum Gasteiger partial charge on any atom is -0.376 e. The van der Waals surface area contributed by atoms with Crippen LogP contribution in [-0.4, -0.2) is 57.7 Å². The van der Waals surface area contributed by atoms with Gasteiger partial charge in [-0.2, -0.15) is 9.66 Å². The zero-order chi connectivity index (χ0) is 20.0. The maximum absolute atomic E-state index is 11.9. The van der Waals surface area contributed by atoms with E-state index in [2.05, 4.69) is 29.2 Å². The van der Waals surface area contributed by atoms with Crippen molar-refractivity contribution in [1.82, 2.24) is 14.6 Å². The topological polar surface area (TPSA) is 116 Å². The zero-order valence-electron chi connectivity index (χ0n) is 16.3. The van der Waals surface area contributed by atoms with E-state index in [0.29, 0.717) is 19.5 Å². The van der Waals surface area contributed by atoms with Crippen LogP contribution in [0.15, 0.2) is 17.4 Å². The molecule has 2 N–H and O–H groups in total. The van der Waals surface area contributed by atoms with Gasteiger partial charge in [0.05, 0.1) is 6.61 Å². The molecular formula is C18H32N4O5. The third-order valence-electron chi connectivity index (χ3n) is 4.06. The minimum absolute atomic E-state index is 0.0453. The van der Waals surface area contributed by atoms with Crippen molar-refractivity contribution in [1.29, 1.82) is 0 Å². The fourth-order valence-electron chi connectivity index (χ4n) is 2.52. The lowest BCUT2D eigenvalue weighted by Gasteiger charge is -2.36. The molecule has 0 saturated carbocycles. The predicted octanol–water partition coefficient (Wildman–Crippen LogP) is 1.24. The first kappa shape index (κ1) is 23.2. The van der Waals surface area contributed by atoms with Gasteiger partial charge < -0.3 is 19.4 Å². The number of rotatable bonds is 16. The first-order valence-corrected chi connectivity index (χ1v) is 9.59. The standard InChI is InChI=1S/C18H32N4O5/c1-3-5-7-11-26-13-18(25,21-22-15-19-14-20-17(22)24)16(9-10-23)27-12-8-6-4-2/h10,14-16,21,25H,3-9,11-13H2,1-2H3/t16-,18-/m0/s1. The van der Waals surface area contributed by atoms with E-state index >= 15 is 0 Å². The number of aliphatic hydroxyl groups is 1. The molecule has 1 heterocycles. The predicted molar refractivity (Wildman–Crippen MR) is 101 cm³/mol. The zero-order valence-corrected chi connectivity index (χ0v) is 16.3. The molecule has 0 fully saturated rings.